The molecule has 2 nitrogen and oxygen atoms in total. The summed E-state index contributed by atoms with van der Waals surface area (Å²) in [4.78, 5) is 0. The Labute approximate surface area is 118 Å². The van der Waals surface area contributed by atoms with Gasteiger partial charge in [0.2, 0.25) is 0 Å². The van der Waals surface area contributed by atoms with Gasteiger partial charge in [0.15, 0.2) is 0 Å². The SMILES string of the molecule is NCc1ccc(COc2ccc(Br)c(F)c2)c(F)c1. The Balaban J connectivity index is 2.07. The lowest BCUT2D eigenvalue weighted by Gasteiger charge is -2.08. The van der Waals surface area contributed by atoms with Gasteiger partial charge < -0.3 is 10.5 Å². The molecule has 0 aliphatic heterocycles. The van der Waals surface area contributed by atoms with E-state index in [1.807, 2.05) is 0 Å². The summed E-state index contributed by atoms with van der Waals surface area (Å²) in [6.45, 7) is 0.327. The third-order valence-corrected chi connectivity index (χ3v) is 3.28. The van der Waals surface area contributed by atoms with Crippen molar-refractivity contribution in [2.24, 2.45) is 5.73 Å². The molecule has 0 radical (unpaired) electrons. The van der Waals surface area contributed by atoms with E-state index in [2.05, 4.69) is 15.9 Å². The molecular weight excluding hydrogens is 316 g/mol. The minimum atomic E-state index is -0.420. The Morgan fingerprint density at radius 1 is 1.05 bits per heavy atom. The maximum absolute atomic E-state index is 13.7. The van der Waals surface area contributed by atoms with Crippen molar-refractivity contribution >= 4 is 15.9 Å². The highest BCUT2D eigenvalue weighted by atomic mass is 79.9. The van der Waals surface area contributed by atoms with E-state index in [4.69, 9.17) is 10.5 Å². The van der Waals surface area contributed by atoms with E-state index >= 15 is 0 Å². The summed E-state index contributed by atoms with van der Waals surface area (Å²) < 4.78 is 32.6. The Kier molecular flexibility index (Phi) is 4.50. The summed E-state index contributed by atoms with van der Waals surface area (Å²) in [7, 11) is 0. The predicted octanol–water partition coefficient (Wildman–Crippen LogP) is 3.77. The molecule has 19 heavy (non-hydrogen) atoms. The van der Waals surface area contributed by atoms with Gasteiger partial charge in [0, 0.05) is 18.2 Å². The fourth-order valence-corrected chi connectivity index (χ4v) is 1.81. The molecule has 0 aliphatic carbocycles. The zero-order valence-corrected chi connectivity index (χ0v) is 11.6. The van der Waals surface area contributed by atoms with Crippen LogP contribution in [0.25, 0.3) is 0 Å². The molecule has 0 atom stereocenters. The molecule has 0 bridgehead atoms. The van der Waals surface area contributed by atoms with Gasteiger partial charge >= 0.3 is 0 Å². The van der Waals surface area contributed by atoms with Gasteiger partial charge in [-0.2, -0.15) is 0 Å². The van der Waals surface area contributed by atoms with Crippen LogP contribution in [0.2, 0.25) is 0 Å². The molecule has 0 saturated carbocycles. The minimum Gasteiger partial charge on any atom is -0.489 e. The van der Waals surface area contributed by atoms with E-state index in [1.54, 1.807) is 24.3 Å². The zero-order chi connectivity index (χ0) is 13.8. The zero-order valence-electron chi connectivity index (χ0n) is 10.00. The second-order valence-corrected chi connectivity index (χ2v) is 4.85. The van der Waals surface area contributed by atoms with E-state index in [9.17, 15) is 8.78 Å². The predicted molar refractivity (Wildman–Crippen MR) is 72.7 cm³/mol. The van der Waals surface area contributed by atoms with E-state index < -0.39 is 5.82 Å². The molecule has 5 heteroatoms. The number of ether oxygens (including phenoxy) is 1. The van der Waals surface area contributed by atoms with Crippen molar-refractivity contribution in [2.75, 3.05) is 0 Å². The third kappa shape index (κ3) is 3.52. The highest BCUT2D eigenvalue weighted by Crippen LogP contribution is 2.22. The molecule has 0 aliphatic rings. The lowest BCUT2D eigenvalue weighted by molar-refractivity contribution is 0.298. The van der Waals surface area contributed by atoms with Crippen molar-refractivity contribution in [3.63, 3.8) is 0 Å². The van der Waals surface area contributed by atoms with Crippen LogP contribution in [0.15, 0.2) is 40.9 Å². The van der Waals surface area contributed by atoms with Gasteiger partial charge in [0.05, 0.1) is 4.47 Å². The first-order chi connectivity index (χ1) is 9.10. The molecule has 0 amide bonds. The van der Waals surface area contributed by atoms with Crippen LogP contribution >= 0.6 is 15.9 Å². The summed E-state index contributed by atoms with van der Waals surface area (Å²) >= 11 is 3.05. The Morgan fingerprint density at radius 3 is 2.47 bits per heavy atom. The standard InChI is InChI=1S/C14H12BrF2NO/c15-12-4-3-11(6-14(12)17)19-8-10-2-1-9(7-18)5-13(10)16/h1-6H,7-8,18H2. The molecule has 0 spiro atoms. The van der Waals surface area contributed by atoms with E-state index in [0.29, 0.717) is 15.8 Å². The first kappa shape index (κ1) is 14.0. The maximum atomic E-state index is 13.7. The molecule has 2 aromatic carbocycles. The molecule has 2 N–H and O–H groups in total. The number of benzene rings is 2. The van der Waals surface area contributed by atoms with Crippen molar-refractivity contribution in [2.45, 2.75) is 13.2 Å². The molecule has 0 saturated heterocycles. The van der Waals surface area contributed by atoms with Gasteiger partial charge in [-0.1, -0.05) is 12.1 Å². The molecule has 0 aromatic heterocycles. The molecule has 0 unspecified atom stereocenters. The van der Waals surface area contributed by atoms with Gasteiger partial charge in [0.25, 0.3) is 0 Å². The van der Waals surface area contributed by atoms with Crippen LogP contribution in [0.4, 0.5) is 8.78 Å². The number of hydrogen-bond acceptors (Lipinski definition) is 2. The van der Waals surface area contributed by atoms with Crippen molar-refractivity contribution in [1.82, 2.24) is 0 Å². The number of halogens is 3. The summed E-state index contributed by atoms with van der Waals surface area (Å²) in [6.07, 6.45) is 0. The van der Waals surface area contributed by atoms with Crippen molar-refractivity contribution in [3.8, 4) is 5.75 Å². The van der Waals surface area contributed by atoms with Crippen LogP contribution in [0, 0.1) is 11.6 Å². The van der Waals surface area contributed by atoms with Crippen LogP contribution in [-0.2, 0) is 13.2 Å². The first-order valence-corrected chi connectivity index (χ1v) is 6.44. The Morgan fingerprint density at radius 2 is 1.84 bits per heavy atom. The quantitative estimate of drug-likeness (QED) is 0.927. The molecule has 2 aromatic rings. The van der Waals surface area contributed by atoms with Gasteiger partial charge in [-0.05, 0) is 39.7 Å². The molecule has 0 fully saturated rings. The van der Waals surface area contributed by atoms with Gasteiger partial charge in [0.1, 0.15) is 24.0 Å². The summed E-state index contributed by atoms with van der Waals surface area (Å²) in [6, 6.07) is 9.13. The number of hydrogen-bond donors (Lipinski definition) is 1. The van der Waals surface area contributed by atoms with Crippen LogP contribution in [0.5, 0.6) is 5.75 Å². The second kappa shape index (κ2) is 6.12. The van der Waals surface area contributed by atoms with Crippen LogP contribution in [0.3, 0.4) is 0 Å². The Hall–Kier alpha value is -1.46. The van der Waals surface area contributed by atoms with Crippen LogP contribution in [-0.4, -0.2) is 0 Å². The van der Waals surface area contributed by atoms with E-state index in [1.165, 1.54) is 12.1 Å². The number of rotatable bonds is 4. The first-order valence-electron chi connectivity index (χ1n) is 5.65. The number of nitrogens with two attached hydrogens (primary N) is 1. The average Bonchev–Trinajstić information content (AvgIpc) is 2.41. The molecule has 0 heterocycles. The van der Waals surface area contributed by atoms with Crippen molar-refractivity contribution in [1.29, 1.82) is 0 Å². The minimum absolute atomic E-state index is 0.0394. The smallest absolute Gasteiger partial charge is 0.141 e. The van der Waals surface area contributed by atoms with Gasteiger partial charge in [-0.15, -0.1) is 0 Å². The summed E-state index contributed by atoms with van der Waals surface area (Å²) in [5.74, 6) is -0.444. The monoisotopic (exact) mass is 327 g/mol. The van der Waals surface area contributed by atoms with Gasteiger partial charge in [-0.25, -0.2) is 8.78 Å². The molecule has 2 rings (SSSR count). The van der Waals surface area contributed by atoms with Crippen molar-refractivity contribution in [3.05, 3.63) is 63.6 Å². The second-order valence-electron chi connectivity index (χ2n) is 3.99. The molecular formula is C14H12BrF2NO. The van der Waals surface area contributed by atoms with E-state index in [0.717, 1.165) is 5.56 Å². The largest absolute Gasteiger partial charge is 0.489 e. The normalized spacial score (nSPS) is 10.5. The lowest BCUT2D eigenvalue weighted by Crippen LogP contribution is -2.02. The maximum Gasteiger partial charge on any atom is 0.141 e. The summed E-state index contributed by atoms with van der Waals surface area (Å²) in [5.41, 5.74) is 6.54. The fraction of sp³-hybridized carbons (Fsp3) is 0.143. The topological polar surface area (TPSA) is 35.2 Å². The summed E-state index contributed by atoms with van der Waals surface area (Å²) in [5, 5.41) is 0. The van der Waals surface area contributed by atoms with Crippen LogP contribution < -0.4 is 10.5 Å². The van der Waals surface area contributed by atoms with Gasteiger partial charge in [-0.3, -0.25) is 0 Å². The van der Waals surface area contributed by atoms with E-state index in [-0.39, 0.29) is 19.0 Å². The lowest BCUT2D eigenvalue weighted by atomic mass is 10.1. The third-order valence-electron chi connectivity index (χ3n) is 2.64. The fourth-order valence-electron chi connectivity index (χ4n) is 1.56. The Bertz CT molecular complexity index is 590. The highest BCUT2D eigenvalue weighted by molar-refractivity contribution is 9.10. The average molecular weight is 328 g/mol. The van der Waals surface area contributed by atoms with Crippen molar-refractivity contribution < 1.29 is 13.5 Å². The van der Waals surface area contributed by atoms with Crippen LogP contribution in [0.1, 0.15) is 11.1 Å². The molecule has 100 valence electrons. The highest BCUT2D eigenvalue weighted by Gasteiger charge is 2.06.